The van der Waals surface area contributed by atoms with E-state index in [1.54, 1.807) is 11.8 Å². The number of carbonyl (C=O) groups excluding carboxylic acids is 2. The maximum atomic E-state index is 12.9. The summed E-state index contributed by atoms with van der Waals surface area (Å²) in [5, 5.41) is 11.6. The molecule has 1 aliphatic carbocycles. The van der Waals surface area contributed by atoms with Crippen molar-refractivity contribution in [1.29, 1.82) is 0 Å². The van der Waals surface area contributed by atoms with Gasteiger partial charge in [-0.1, -0.05) is 13.8 Å². The third-order valence-corrected chi connectivity index (χ3v) is 6.40. The molecule has 2 aliphatic rings. The number of amides is 1. The Morgan fingerprint density at radius 2 is 1.91 bits per heavy atom. The predicted octanol–water partition coefficient (Wildman–Crippen LogP) is 3.30. The molecule has 1 amide bonds. The second-order valence-electron chi connectivity index (χ2n) is 10.7. The van der Waals surface area contributed by atoms with Crippen LogP contribution in [0.3, 0.4) is 0 Å². The van der Waals surface area contributed by atoms with Gasteiger partial charge in [-0.2, -0.15) is 0 Å². The number of likely N-dealkylation sites (tertiary alicyclic amines) is 1. The average Bonchev–Trinajstić information content (AvgIpc) is 3.49. The van der Waals surface area contributed by atoms with Crippen molar-refractivity contribution in [3.63, 3.8) is 0 Å². The van der Waals surface area contributed by atoms with Crippen molar-refractivity contribution in [2.75, 3.05) is 19.7 Å². The molecule has 0 bridgehead atoms. The lowest BCUT2D eigenvalue weighted by Gasteiger charge is -2.50. The maximum Gasteiger partial charge on any atom is 0.410 e. The number of hydrogen-bond acceptors (Lipinski definition) is 6. The minimum Gasteiger partial charge on any atom is -0.462 e. The molecule has 1 saturated heterocycles. The predicted molar refractivity (Wildman–Crippen MR) is 120 cm³/mol. The summed E-state index contributed by atoms with van der Waals surface area (Å²) in [6, 6.07) is 1.51. The number of piperidine rings is 1. The first-order valence-electron chi connectivity index (χ1n) is 11.4. The zero-order chi connectivity index (χ0) is 23.9. The first kappa shape index (κ1) is 24.3. The normalized spacial score (nSPS) is 23.0. The second-order valence-corrected chi connectivity index (χ2v) is 10.7. The van der Waals surface area contributed by atoms with E-state index in [9.17, 15) is 19.5 Å². The topological polar surface area (TPSA) is 98.1 Å². The molecular weight excluding hydrogens is 412 g/mol. The molecule has 1 unspecified atom stereocenters. The molecule has 1 aromatic heterocycles. The Morgan fingerprint density at radius 1 is 1.25 bits per heavy atom. The first-order valence-corrected chi connectivity index (χ1v) is 11.4. The SMILES string of the molecule is CCOC(=O)c1cn(CC2(O)CCN(C(=O)OC(C)(C)C)CC2(C)C)c(=O)cc1C1CC1. The van der Waals surface area contributed by atoms with Crippen molar-refractivity contribution >= 4 is 12.1 Å². The summed E-state index contributed by atoms with van der Waals surface area (Å²) in [6.45, 7) is 11.8. The highest BCUT2D eigenvalue weighted by atomic mass is 16.6. The summed E-state index contributed by atoms with van der Waals surface area (Å²) in [7, 11) is 0. The lowest BCUT2D eigenvalue weighted by Crippen LogP contribution is -2.61. The van der Waals surface area contributed by atoms with Gasteiger partial charge in [0, 0.05) is 30.8 Å². The summed E-state index contributed by atoms with van der Waals surface area (Å²) in [6.07, 6.45) is 3.30. The van der Waals surface area contributed by atoms with Gasteiger partial charge in [-0.3, -0.25) is 4.79 Å². The molecule has 0 radical (unpaired) electrons. The molecule has 0 spiro atoms. The Hall–Kier alpha value is -2.35. The Balaban J connectivity index is 1.85. The van der Waals surface area contributed by atoms with Crippen LogP contribution in [0.1, 0.15) is 82.6 Å². The number of rotatable bonds is 5. The van der Waals surface area contributed by atoms with E-state index in [4.69, 9.17) is 9.47 Å². The average molecular weight is 449 g/mol. The molecule has 2 heterocycles. The lowest BCUT2D eigenvalue weighted by molar-refractivity contribution is -0.126. The van der Waals surface area contributed by atoms with Gasteiger partial charge in [0.05, 0.1) is 24.3 Å². The van der Waals surface area contributed by atoms with Crippen molar-refractivity contribution < 1.29 is 24.2 Å². The molecule has 8 heteroatoms. The highest BCUT2D eigenvalue weighted by Crippen LogP contribution is 2.42. The number of carbonyl (C=O) groups is 2. The van der Waals surface area contributed by atoms with Crippen LogP contribution in [0.25, 0.3) is 0 Å². The van der Waals surface area contributed by atoms with Crippen LogP contribution in [-0.2, 0) is 16.0 Å². The fraction of sp³-hybridized carbons (Fsp3) is 0.708. The van der Waals surface area contributed by atoms with Crippen molar-refractivity contribution in [3.05, 3.63) is 33.7 Å². The Morgan fingerprint density at radius 3 is 2.44 bits per heavy atom. The van der Waals surface area contributed by atoms with Gasteiger partial charge < -0.3 is 24.0 Å². The second kappa shape index (κ2) is 8.54. The zero-order valence-electron chi connectivity index (χ0n) is 20.1. The molecule has 1 aromatic rings. The molecule has 3 rings (SSSR count). The van der Waals surface area contributed by atoms with E-state index in [0.29, 0.717) is 12.1 Å². The number of aromatic nitrogens is 1. The fourth-order valence-corrected chi connectivity index (χ4v) is 4.24. The van der Waals surface area contributed by atoms with Crippen LogP contribution < -0.4 is 5.56 Å². The van der Waals surface area contributed by atoms with E-state index in [1.807, 2.05) is 34.6 Å². The molecule has 2 fully saturated rings. The Labute approximate surface area is 189 Å². The Bertz CT molecular complexity index is 941. The van der Waals surface area contributed by atoms with E-state index in [1.165, 1.54) is 16.8 Å². The molecule has 1 atom stereocenters. The van der Waals surface area contributed by atoms with E-state index < -0.39 is 28.7 Å². The van der Waals surface area contributed by atoms with E-state index in [-0.39, 0.29) is 37.6 Å². The molecule has 178 valence electrons. The van der Waals surface area contributed by atoms with Crippen molar-refractivity contribution in [1.82, 2.24) is 9.47 Å². The summed E-state index contributed by atoms with van der Waals surface area (Å²) >= 11 is 0. The van der Waals surface area contributed by atoms with Gasteiger partial charge in [0.25, 0.3) is 5.56 Å². The van der Waals surface area contributed by atoms with Gasteiger partial charge in [0.15, 0.2) is 0 Å². The molecule has 32 heavy (non-hydrogen) atoms. The van der Waals surface area contributed by atoms with Crippen LogP contribution in [0.15, 0.2) is 17.1 Å². The number of ether oxygens (including phenoxy) is 2. The number of nitrogens with zero attached hydrogens (tertiary/aromatic N) is 2. The third-order valence-electron chi connectivity index (χ3n) is 6.40. The lowest BCUT2D eigenvalue weighted by atomic mass is 9.70. The Kier molecular flexibility index (Phi) is 6.48. The summed E-state index contributed by atoms with van der Waals surface area (Å²) < 4.78 is 12.1. The highest BCUT2D eigenvalue weighted by molar-refractivity contribution is 5.91. The molecule has 1 saturated carbocycles. The quantitative estimate of drug-likeness (QED) is 0.694. The van der Waals surface area contributed by atoms with Gasteiger partial charge in [-0.25, -0.2) is 9.59 Å². The molecule has 1 N–H and O–H groups in total. The molecule has 0 aromatic carbocycles. The van der Waals surface area contributed by atoms with Crippen LogP contribution in [0.2, 0.25) is 0 Å². The van der Waals surface area contributed by atoms with Gasteiger partial charge in [-0.05, 0) is 58.4 Å². The summed E-state index contributed by atoms with van der Waals surface area (Å²) in [4.78, 5) is 39.5. The van der Waals surface area contributed by atoms with Crippen LogP contribution in [-0.4, -0.2) is 57.5 Å². The third kappa shape index (κ3) is 5.17. The number of esters is 1. The number of hydrogen-bond donors (Lipinski definition) is 1. The summed E-state index contributed by atoms with van der Waals surface area (Å²) in [5.41, 5.74) is -1.69. The number of pyridine rings is 1. The van der Waals surface area contributed by atoms with E-state index in [0.717, 1.165) is 18.4 Å². The van der Waals surface area contributed by atoms with Crippen LogP contribution >= 0.6 is 0 Å². The maximum absolute atomic E-state index is 12.9. The first-order chi connectivity index (χ1) is 14.8. The highest BCUT2D eigenvalue weighted by Gasteiger charge is 2.49. The number of aliphatic hydroxyl groups is 1. The van der Waals surface area contributed by atoms with Gasteiger partial charge >= 0.3 is 12.1 Å². The standard InChI is InChI=1S/C24H36N2O6/c1-7-31-20(28)18-13-26(19(27)12-17(18)16-8-9-16)15-24(30)10-11-25(14-23(24,5)6)21(29)32-22(2,3)4/h12-13,16,30H,7-11,14-15H2,1-6H3. The van der Waals surface area contributed by atoms with Gasteiger partial charge in [0.1, 0.15) is 5.60 Å². The van der Waals surface area contributed by atoms with E-state index >= 15 is 0 Å². The van der Waals surface area contributed by atoms with Crippen LogP contribution in [0.4, 0.5) is 4.79 Å². The monoisotopic (exact) mass is 448 g/mol. The largest absolute Gasteiger partial charge is 0.462 e. The molecule has 8 nitrogen and oxygen atoms in total. The van der Waals surface area contributed by atoms with Crippen LogP contribution in [0, 0.1) is 5.41 Å². The fourth-order valence-electron chi connectivity index (χ4n) is 4.24. The van der Waals surface area contributed by atoms with Gasteiger partial charge in [0.2, 0.25) is 0 Å². The summed E-state index contributed by atoms with van der Waals surface area (Å²) in [5.74, 6) is -0.234. The minimum atomic E-state index is -1.25. The molecule has 1 aliphatic heterocycles. The van der Waals surface area contributed by atoms with Crippen LogP contribution in [0.5, 0.6) is 0 Å². The van der Waals surface area contributed by atoms with Crippen molar-refractivity contribution in [2.24, 2.45) is 5.41 Å². The molecular formula is C24H36N2O6. The smallest absolute Gasteiger partial charge is 0.410 e. The minimum absolute atomic E-state index is 0.0261. The van der Waals surface area contributed by atoms with E-state index in [2.05, 4.69) is 0 Å². The van der Waals surface area contributed by atoms with Crippen molar-refractivity contribution in [2.45, 2.75) is 84.5 Å². The van der Waals surface area contributed by atoms with Crippen molar-refractivity contribution in [3.8, 4) is 0 Å². The zero-order valence-corrected chi connectivity index (χ0v) is 20.1. The van der Waals surface area contributed by atoms with Gasteiger partial charge in [-0.15, -0.1) is 0 Å².